The number of likely N-dealkylation sites (N-methyl/N-ethyl adjacent to an activating group) is 1. The molecule has 0 aromatic heterocycles. The van der Waals surface area contributed by atoms with Gasteiger partial charge in [-0.2, -0.15) is 0 Å². The summed E-state index contributed by atoms with van der Waals surface area (Å²) in [5, 5.41) is 26.8. The average Bonchev–Trinajstić information content (AvgIpc) is 3.39. The number of hydrogen-bond donors (Lipinski definition) is 3. The van der Waals surface area contributed by atoms with Crippen LogP contribution in [0.1, 0.15) is 53.6 Å². The zero-order valence-electron chi connectivity index (χ0n) is 22.8. The lowest BCUT2D eigenvalue weighted by Crippen LogP contribution is -2.63. The number of nitrogens with zero attached hydrogens (tertiary/aromatic N) is 3. The Hall–Kier alpha value is -3.63. The Morgan fingerprint density at radius 2 is 1.90 bits per heavy atom. The number of amides is 1. The number of carbonyl (C=O) groups excluding carboxylic acids is 3. The quantitative estimate of drug-likeness (QED) is 0.296. The van der Waals surface area contributed by atoms with Gasteiger partial charge in [0.25, 0.3) is 5.91 Å². The number of fused-ring (bicyclic) bond motifs is 3. The number of nitrogens with two attached hydrogens (primary N) is 1. The Balaban J connectivity index is 1.76. The summed E-state index contributed by atoms with van der Waals surface area (Å²) >= 11 is 0. The Morgan fingerprint density at radius 3 is 2.44 bits per heavy atom. The Morgan fingerprint density at radius 1 is 1.21 bits per heavy atom. The summed E-state index contributed by atoms with van der Waals surface area (Å²) in [4.78, 5) is 56.1. The van der Waals surface area contributed by atoms with E-state index in [2.05, 4.69) is 5.18 Å². The van der Waals surface area contributed by atoms with Gasteiger partial charge >= 0.3 is 0 Å². The van der Waals surface area contributed by atoms with Crippen LogP contribution in [0.3, 0.4) is 0 Å². The van der Waals surface area contributed by atoms with E-state index in [0.717, 1.165) is 18.5 Å². The predicted molar refractivity (Wildman–Crippen MR) is 146 cm³/mol. The number of anilines is 1. The van der Waals surface area contributed by atoms with Crippen molar-refractivity contribution in [3.8, 4) is 0 Å². The third-order valence-corrected chi connectivity index (χ3v) is 9.02. The van der Waals surface area contributed by atoms with E-state index in [9.17, 15) is 29.5 Å². The molecule has 0 saturated carbocycles. The summed E-state index contributed by atoms with van der Waals surface area (Å²) in [6, 6.07) is 1.34. The van der Waals surface area contributed by atoms with Gasteiger partial charge in [-0.05, 0) is 80.6 Å². The molecule has 39 heavy (non-hydrogen) atoms. The van der Waals surface area contributed by atoms with Crippen molar-refractivity contribution in [2.45, 2.75) is 50.2 Å². The van der Waals surface area contributed by atoms with Crippen LogP contribution in [-0.4, -0.2) is 72.4 Å². The minimum atomic E-state index is -2.51. The van der Waals surface area contributed by atoms with Gasteiger partial charge in [-0.15, -0.1) is 4.91 Å². The summed E-state index contributed by atoms with van der Waals surface area (Å²) < 4.78 is 0. The molecule has 1 amide bonds. The van der Waals surface area contributed by atoms with Crippen molar-refractivity contribution in [3.05, 3.63) is 62.3 Å². The minimum absolute atomic E-state index is 0.0275. The molecule has 0 bridgehead atoms. The van der Waals surface area contributed by atoms with Gasteiger partial charge < -0.3 is 25.7 Å². The Bertz CT molecular complexity index is 1420. The molecule has 4 N–H and O–H groups in total. The second-order valence-corrected chi connectivity index (χ2v) is 11.5. The molecule has 0 aliphatic heterocycles. The van der Waals surface area contributed by atoms with E-state index in [4.69, 9.17) is 5.73 Å². The van der Waals surface area contributed by atoms with Gasteiger partial charge in [0.1, 0.15) is 11.4 Å². The highest BCUT2D eigenvalue weighted by Crippen LogP contribution is 2.54. The standard InChI is InChI=1S/C29H34N4O6/c1-13-20(28(30)37)26(35)29(38)18(24(13)33(4)5)11-15-10-17-19(32(2)3)12-16(14-8-6-7-9-14)23(31-39)22(17)25(34)21(15)27(29)36/h6,8,12,14-15,18,24,36,38H,7,9-11H2,1-5H3,(H2,30,37)/t14?,15-,18-,24+,29+/m0/s1. The number of nitroso groups, excluding NO2 is 1. The third kappa shape index (κ3) is 3.65. The maximum atomic E-state index is 14.2. The molecule has 0 radical (unpaired) electrons. The van der Waals surface area contributed by atoms with Crippen LogP contribution in [0, 0.1) is 16.7 Å². The van der Waals surface area contributed by atoms with Crippen molar-refractivity contribution >= 4 is 28.8 Å². The molecule has 0 spiro atoms. The number of aliphatic hydroxyl groups excluding tert-OH is 1. The van der Waals surface area contributed by atoms with Crippen LogP contribution < -0.4 is 10.6 Å². The minimum Gasteiger partial charge on any atom is -0.508 e. The molecule has 0 fully saturated rings. The highest BCUT2D eigenvalue weighted by Gasteiger charge is 2.62. The lowest BCUT2D eigenvalue weighted by Gasteiger charge is -2.51. The summed E-state index contributed by atoms with van der Waals surface area (Å²) in [7, 11) is 7.25. The molecule has 0 saturated heterocycles. The number of benzene rings is 1. The number of Topliss-reactive ketones (excluding diaryl/α,β-unsaturated/α-hetero) is 2. The fourth-order valence-electron chi connectivity index (χ4n) is 7.38. The van der Waals surface area contributed by atoms with Crippen LogP contribution >= 0.6 is 0 Å². The van der Waals surface area contributed by atoms with Crippen molar-refractivity contribution in [3.63, 3.8) is 0 Å². The van der Waals surface area contributed by atoms with E-state index >= 15 is 0 Å². The van der Waals surface area contributed by atoms with Crippen LogP contribution in [0.2, 0.25) is 0 Å². The number of ketones is 2. The first-order valence-electron chi connectivity index (χ1n) is 13.2. The fourth-order valence-corrected chi connectivity index (χ4v) is 7.38. The van der Waals surface area contributed by atoms with Crippen molar-refractivity contribution < 1.29 is 24.6 Å². The lowest BCUT2D eigenvalue weighted by molar-refractivity contribution is -0.146. The van der Waals surface area contributed by atoms with E-state index < -0.39 is 46.7 Å². The second kappa shape index (κ2) is 9.24. The SMILES string of the molecule is CC1=C(C(N)=O)C(=O)[C@@]2(O)C(O)=C3C(=O)c4c(c(N(C)C)cc(C5C=CCC5)c4N=O)C[C@H]3C[C@H]2[C@@H]1N(C)C. The van der Waals surface area contributed by atoms with Gasteiger partial charge in [0.05, 0.1) is 11.1 Å². The van der Waals surface area contributed by atoms with Crippen LogP contribution in [0.15, 0.2) is 45.9 Å². The van der Waals surface area contributed by atoms with Crippen molar-refractivity contribution in [1.29, 1.82) is 0 Å². The van der Waals surface area contributed by atoms with Gasteiger partial charge in [-0.1, -0.05) is 12.2 Å². The first-order valence-corrected chi connectivity index (χ1v) is 13.2. The zero-order valence-corrected chi connectivity index (χ0v) is 22.8. The number of hydrogen-bond acceptors (Lipinski definition) is 9. The van der Waals surface area contributed by atoms with Crippen LogP contribution in [0.5, 0.6) is 0 Å². The monoisotopic (exact) mass is 534 g/mol. The van der Waals surface area contributed by atoms with Gasteiger partial charge in [-0.25, -0.2) is 0 Å². The van der Waals surface area contributed by atoms with Crippen molar-refractivity contribution in [2.24, 2.45) is 22.7 Å². The van der Waals surface area contributed by atoms with E-state index in [1.165, 1.54) is 0 Å². The molecular formula is C29H34N4O6. The predicted octanol–water partition coefficient (Wildman–Crippen LogP) is 2.82. The molecular weight excluding hydrogens is 500 g/mol. The maximum Gasteiger partial charge on any atom is 0.252 e. The molecule has 5 atom stereocenters. The van der Waals surface area contributed by atoms with Crippen LogP contribution in [0.25, 0.3) is 0 Å². The number of aliphatic hydroxyl groups is 2. The zero-order chi connectivity index (χ0) is 28.5. The van der Waals surface area contributed by atoms with Gasteiger partial charge in [0, 0.05) is 43.2 Å². The highest BCUT2D eigenvalue weighted by molar-refractivity contribution is 6.25. The van der Waals surface area contributed by atoms with Crippen LogP contribution in [0.4, 0.5) is 11.4 Å². The molecule has 10 heteroatoms. The maximum absolute atomic E-state index is 14.2. The molecule has 5 rings (SSSR count). The number of rotatable bonds is 5. The smallest absolute Gasteiger partial charge is 0.252 e. The van der Waals surface area contributed by atoms with Gasteiger partial charge in [-0.3, -0.25) is 14.4 Å². The van der Waals surface area contributed by atoms with E-state index in [-0.39, 0.29) is 34.7 Å². The second-order valence-electron chi connectivity index (χ2n) is 11.5. The summed E-state index contributed by atoms with van der Waals surface area (Å²) in [6.07, 6.45) is 6.16. The third-order valence-electron chi connectivity index (χ3n) is 9.02. The fraction of sp³-hybridized carbons (Fsp3) is 0.483. The number of primary amides is 1. The van der Waals surface area contributed by atoms with Crippen molar-refractivity contribution in [2.75, 3.05) is 33.1 Å². The Labute approximate surface area is 226 Å². The molecule has 0 heterocycles. The van der Waals surface area contributed by atoms with E-state index in [0.29, 0.717) is 23.1 Å². The average molecular weight is 535 g/mol. The first kappa shape index (κ1) is 27.0. The lowest BCUT2D eigenvalue weighted by atomic mass is 9.57. The van der Waals surface area contributed by atoms with E-state index in [1.807, 2.05) is 37.2 Å². The van der Waals surface area contributed by atoms with Crippen LogP contribution in [-0.2, 0) is 16.0 Å². The molecule has 10 nitrogen and oxygen atoms in total. The summed E-state index contributed by atoms with van der Waals surface area (Å²) in [5.41, 5.74) is 5.18. The van der Waals surface area contributed by atoms with Gasteiger partial charge in [0.15, 0.2) is 11.4 Å². The normalized spacial score (nSPS) is 29.9. The molecule has 4 aliphatic rings. The number of carbonyl (C=O) groups is 3. The number of allylic oxidation sites excluding steroid dienone is 3. The molecule has 1 unspecified atom stereocenters. The molecule has 1 aromatic carbocycles. The molecule has 1 aromatic rings. The highest BCUT2D eigenvalue weighted by atomic mass is 16.3. The van der Waals surface area contributed by atoms with E-state index in [1.54, 1.807) is 25.9 Å². The Kier molecular flexibility index (Phi) is 6.38. The summed E-state index contributed by atoms with van der Waals surface area (Å²) in [5.74, 6) is -4.85. The molecule has 4 aliphatic carbocycles. The first-order chi connectivity index (χ1) is 18.4. The van der Waals surface area contributed by atoms with Gasteiger partial charge in [0.2, 0.25) is 5.78 Å². The summed E-state index contributed by atoms with van der Waals surface area (Å²) in [6.45, 7) is 1.63. The topological polar surface area (TPSA) is 154 Å². The largest absolute Gasteiger partial charge is 0.508 e. The van der Waals surface area contributed by atoms with Crippen molar-refractivity contribution in [1.82, 2.24) is 4.90 Å². The molecule has 206 valence electrons.